The zero-order valence-electron chi connectivity index (χ0n) is 6.76. The molecule has 3 heteroatoms. The molecule has 0 fully saturated rings. The van der Waals surface area contributed by atoms with Crippen molar-refractivity contribution in [2.45, 2.75) is 6.42 Å². The molecule has 64 valence electrons. The number of hydrogen-bond donors (Lipinski definition) is 1. The molecular weight excluding hydrogens is 216 g/mol. The minimum Gasteiger partial charge on any atom is -0.370 e. The number of anilines is 1. The van der Waals surface area contributed by atoms with Crippen LogP contribution in [0.5, 0.6) is 0 Å². The van der Waals surface area contributed by atoms with Crippen LogP contribution in [0.1, 0.15) is 6.42 Å². The van der Waals surface area contributed by atoms with Gasteiger partial charge in [-0.25, -0.2) is 4.98 Å². The van der Waals surface area contributed by atoms with Crippen molar-refractivity contribution in [1.29, 1.82) is 0 Å². The van der Waals surface area contributed by atoms with Gasteiger partial charge in [-0.1, -0.05) is 12.1 Å². The van der Waals surface area contributed by atoms with E-state index in [0.717, 1.165) is 23.4 Å². The molecule has 1 rings (SSSR count). The van der Waals surface area contributed by atoms with Gasteiger partial charge in [-0.2, -0.15) is 0 Å². The summed E-state index contributed by atoms with van der Waals surface area (Å²) in [7, 11) is 0. The van der Waals surface area contributed by atoms with Gasteiger partial charge in [0.2, 0.25) is 0 Å². The number of rotatable bonds is 4. The molecule has 12 heavy (non-hydrogen) atoms. The third-order valence-electron chi connectivity index (χ3n) is 1.37. The average Bonchev–Trinajstić information content (AvgIpc) is 2.05. The predicted octanol–water partition coefficient (Wildman–Crippen LogP) is 2.83. The smallest absolute Gasteiger partial charge is 0.127 e. The number of nitrogens with one attached hydrogen (secondary N) is 1. The van der Waals surface area contributed by atoms with Gasteiger partial charge in [0.05, 0.1) is 0 Å². The lowest BCUT2D eigenvalue weighted by molar-refractivity contribution is 1.05. The van der Waals surface area contributed by atoms with Gasteiger partial charge in [0.1, 0.15) is 10.4 Å². The molecule has 0 saturated carbocycles. The largest absolute Gasteiger partial charge is 0.370 e. The molecule has 0 spiro atoms. The Balaban J connectivity index is 2.46. The van der Waals surface area contributed by atoms with Crippen molar-refractivity contribution >= 4 is 21.7 Å². The maximum Gasteiger partial charge on any atom is 0.127 e. The van der Waals surface area contributed by atoms with E-state index in [1.54, 1.807) is 0 Å². The van der Waals surface area contributed by atoms with Gasteiger partial charge in [-0.3, -0.25) is 0 Å². The number of hydrogen-bond acceptors (Lipinski definition) is 2. The highest BCUT2D eigenvalue weighted by atomic mass is 79.9. The standard InChI is InChI=1S/C9H11BrN2/c1-2-3-7-11-9-6-4-5-8(10)12-9/h2,4-6H,1,3,7H2,(H,11,12). The summed E-state index contributed by atoms with van der Waals surface area (Å²) in [5.74, 6) is 0.895. The van der Waals surface area contributed by atoms with Gasteiger partial charge in [0.25, 0.3) is 0 Å². The van der Waals surface area contributed by atoms with E-state index in [2.05, 4.69) is 32.8 Å². The van der Waals surface area contributed by atoms with Crippen molar-refractivity contribution in [1.82, 2.24) is 4.98 Å². The fourth-order valence-corrected chi connectivity index (χ4v) is 1.15. The van der Waals surface area contributed by atoms with Crippen LogP contribution in [0.3, 0.4) is 0 Å². The van der Waals surface area contributed by atoms with Crippen LogP contribution in [0.4, 0.5) is 5.82 Å². The minimum atomic E-state index is 0.853. The SMILES string of the molecule is C=CCCNc1cccc(Br)n1. The Morgan fingerprint density at radius 3 is 3.08 bits per heavy atom. The predicted molar refractivity (Wildman–Crippen MR) is 55.2 cm³/mol. The Labute approximate surface area is 80.8 Å². The summed E-state index contributed by atoms with van der Waals surface area (Å²) in [6.07, 6.45) is 2.83. The minimum absolute atomic E-state index is 0.853. The van der Waals surface area contributed by atoms with Gasteiger partial charge < -0.3 is 5.32 Å². The highest BCUT2D eigenvalue weighted by molar-refractivity contribution is 9.10. The average molecular weight is 227 g/mol. The van der Waals surface area contributed by atoms with Crippen molar-refractivity contribution < 1.29 is 0 Å². The van der Waals surface area contributed by atoms with E-state index in [-0.39, 0.29) is 0 Å². The Morgan fingerprint density at radius 1 is 1.58 bits per heavy atom. The fourth-order valence-electron chi connectivity index (χ4n) is 0.809. The molecule has 0 aliphatic heterocycles. The Kier molecular flexibility index (Phi) is 3.80. The molecule has 1 heterocycles. The van der Waals surface area contributed by atoms with E-state index in [4.69, 9.17) is 0 Å². The highest BCUT2D eigenvalue weighted by Crippen LogP contribution is 2.09. The molecule has 1 aromatic rings. The lowest BCUT2D eigenvalue weighted by Gasteiger charge is -2.02. The summed E-state index contributed by atoms with van der Waals surface area (Å²) in [5, 5.41) is 3.17. The second-order valence-corrected chi connectivity index (χ2v) is 3.16. The molecule has 0 saturated heterocycles. The monoisotopic (exact) mass is 226 g/mol. The van der Waals surface area contributed by atoms with Gasteiger partial charge in [0, 0.05) is 6.54 Å². The van der Waals surface area contributed by atoms with E-state index in [1.165, 1.54) is 0 Å². The Bertz CT molecular complexity index is 260. The summed E-state index contributed by atoms with van der Waals surface area (Å²) in [6.45, 7) is 4.52. The van der Waals surface area contributed by atoms with E-state index in [9.17, 15) is 0 Å². The van der Waals surface area contributed by atoms with E-state index < -0.39 is 0 Å². The van der Waals surface area contributed by atoms with Crippen molar-refractivity contribution in [2.24, 2.45) is 0 Å². The molecule has 0 atom stereocenters. The molecular formula is C9H11BrN2. The third kappa shape index (κ3) is 3.05. The molecule has 0 bridgehead atoms. The maximum atomic E-state index is 4.22. The summed E-state index contributed by atoms with van der Waals surface area (Å²) >= 11 is 3.30. The van der Waals surface area contributed by atoms with Crippen LogP contribution in [-0.4, -0.2) is 11.5 Å². The van der Waals surface area contributed by atoms with Crippen molar-refractivity contribution in [2.75, 3.05) is 11.9 Å². The van der Waals surface area contributed by atoms with E-state index in [0.29, 0.717) is 0 Å². The summed E-state index contributed by atoms with van der Waals surface area (Å²) in [4.78, 5) is 4.22. The third-order valence-corrected chi connectivity index (χ3v) is 1.81. The topological polar surface area (TPSA) is 24.9 Å². The highest BCUT2D eigenvalue weighted by Gasteiger charge is 1.91. The summed E-state index contributed by atoms with van der Waals surface area (Å²) in [5.41, 5.74) is 0. The molecule has 0 unspecified atom stereocenters. The second kappa shape index (κ2) is 4.93. The quantitative estimate of drug-likeness (QED) is 0.486. The molecule has 0 amide bonds. The number of pyridine rings is 1. The van der Waals surface area contributed by atoms with Gasteiger partial charge in [-0.15, -0.1) is 6.58 Å². The van der Waals surface area contributed by atoms with Gasteiger partial charge >= 0.3 is 0 Å². The first-order valence-corrected chi connectivity index (χ1v) is 4.59. The van der Waals surface area contributed by atoms with E-state index in [1.807, 2.05) is 24.3 Å². The normalized spacial score (nSPS) is 9.42. The molecule has 2 nitrogen and oxygen atoms in total. The maximum absolute atomic E-state index is 4.22. The molecule has 1 N–H and O–H groups in total. The zero-order chi connectivity index (χ0) is 8.81. The van der Waals surface area contributed by atoms with Crippen LogP contribution < -0.4 is 5.32 Å². The summed E-state index contributed by atoms with van der Waals surface area (Å²) in [6, 6.07) is 5.79. The van der Waals surface area contributed by atoms with Crippen LogP contribution in [0.2, 0.25) is 0 Å². The van der Waals surface area contributed by atoms with Crippen LogP contribution >= 0.6 is 15.9 Å². The Morgan fingerprint density at radius 2 is 2.42 bits per heavy atom. The lowest BCUT2D eigenvalue weighted by Crippen LogP contribution is -2.01. The molecule has 0 aromatic carbocycles. The van der Waals surface area contributed by atoms with Gasteiger partial charge in [0.15, 0.2) is 0 Å². The second-order valence-electron chi connectivity index (χ2n) is 2.35. The van der Waals surface area contributed by atoms with Crippen molar-refractivity contribution in [3.63, 3.8) is 0 Å². The lowest BCUT2D eigenvalue weighted by atomic mass is 10.4. The zero-order valence-corrected chi connectivity index (χ0v) is 8.34. The van der Waals surface area contributed by atoms with E-state index >= 15 is 0 Å². The molecule has 1 aromatic heterocycles. The molecule has 0 aliphatic carbocycles. The van der Waals surface area contributed by atoms with Crippen LogP contribution in [-0.2, 0) is 0 Å². The molecule has 0 radical (unpaired) electrons. The first kappa shape index (κ1) is 9.26. The van der Waals surface area contributed by atoms with Crippen LogP contribution in [0.25, 0.3) is 0 Å². The number of nitrogens with zero attached hydrogens (tertiary/aromatic N) is 1. The summed E-state index contributed by atoms with van der Waals surface area (Å²) < 4.78 is 0.853. The fraction of sp³-hybridized carbons (Fsp3) is 0.222. The van der Waals surface area contributed by atoms with Crippen LogP contribution in [0.15, 0.2) is 35.5 Å². The van der Waals surface area contributed by atoms with Crippen molar-refractivity contribution in [3.05, 3.63) is 35.5 Å². The Hall–Kier alpha value is -0.830. The van der Waals surface area contributed by atoms with Crippen molar-refractivity contribution in [3.8, 4) is 0 Å². The first-order chi connectivity index (χ1) is 5.83. The van der Waals surface area contributed by atoms with Gasteiger partial charge in [-0.05, 0) is 34.5 Å². The van der Waals surface area contributed by atoms with Crippen LogP contribution in [0, 0.1) is 0 Å². The number of halogens is 1. The first-order valence-electron chi connectivity index (χ1n) is 3.80. The molecule has 0 aliphatic rings. The number of aromatic nitrogens is 1.